The second kappa shape index (κ2) is 4.69. The highest BCUT2D eigenvalue weighted by Crippen LogP contribution is 2.21. The Morgan fingerprint density at radius 3 is 2.25 bits per heavy atom. The minimum atomic E-state index is -3.60. The molecule has 0 spiro atoms. The lowest BCUT2D eigenvalue weighted by molar-refractivity contribution is 0.484. The quantitative estimate of drug-likeness (QED) is 0.780. The van der Waals surface area contributed by atoms with Gasteiger partial charge in [0.2, 0.25) is 8.32 Å². The number of rotatable bonds is 4. The molecule has 0 heterocycles. The lowest BCUT2D eigenvalue weighted by Crippen LogP contribution is -2.29. The summed E-state index contributed by atoms with van der Waals surface area (Å²) in [4.78, 5) is 0.305. The second-order valence-corrected chi connectivity index (χ2v) is 10.9. The lowest BCUT2D eigenvalue weighted by atomic mass is 10.2. The molecule has 0 amide bonds. The molecular formula is C11H18O3SSi. The summed E-state index contributed by atoms with van der Waals surface area (Å²) < 4.78 is 29.3. The summed E-state index contributed by atoms with van der Waals surface area (Å²) in [6.45, 7) is 7.51. The van der Waals surface area contributed by atoms with E-state index in [2.05, 4.69) is 0 Å². The molecule has 0 aromatic heterocycles. The molecule has 0 aliphatic heterocycles. The van der Waals surface area contributed by atoms with E-state index in [1.807, 2.05) is 38.7 Å². The summed E-state index contributed by atoms with van der Waals surface area (Å²) in [5.41, 5.74) is 0.806. The summed E-state index contributed by atoms with van der Waals surface area (Å²) >= 11 is 0. The van der Waals surface area contributed by atoms with Crippen molar-refractivity contribution in [2.24, 2.45) is 0 Å². The van der Waals surface area contributed by atoms with Gasteiger partial charge in [-0.05, 0) is 37.7 Å². The molecule has 1 rings (SSSR count). The number of hydrogen-bond acceptors (Lipinski definition) is 3. The van der Waals surface area contributed by atoms with Crippen molar-refractivity contribution in [1.82, 2.24) is 0 Å². The van der Waals surface area contributed by atoms with Crippen LogP contribution in [0.3, 0.4) is 0 Å². The minimum Gasteiger partial charge on any atom is -0.312 e. The fourth-order valence-electron chi connectivity index (χ4n) is 1.41. The molecule has 90 valence electrons. The molecule has 1 aromatic carbocycles. The van der Waals surface area contributed by atoms with E-state index in [4.69, 9.17) is 3.87 Å². The average molecular weight is 258 g/mol. The normalized spacial score (nSPS) is 12.8. The predicted octanol–water partition coefficient (Wildman–Crippen LogP) is 2.79. The van der Waals surface area contributed by atoms with E-state index in [9.17, 15) is 8.42 Å². The monoisotopic (exact) mass is 258 g/mol. The first-order chi connectivity index (χ1) is 7.26. The van der Waals surface area contributed by atoms with Crippen LogP contribution in [0.25, 0.3) is 0 Å². The molecule has 0 aliphatic rings. The Kier molecular flexibility index (Phi) is 3.93. The highest BCUT2D eigenvalue weighted by molar-refractivity contribution is 7.87. The van der Waals surface area contributed by atoms with Gasteiger partial charge in [-0.15, -0.1) is 0 Å². The summed E-state index contributed by atoms with van der Waals surface area (Å²) in [7, 11) is -5.70. The Morgan fingerprint density at radius 1 is 1.19 bits per heavy atom. The van der Waals surface area contributed by atoms with Crippen LogP contribution in [0.4, 0.5) is 0 Å². The van der Waals surface area contributed by atoms with Gasteiger partial charge in [0.1, 0.15) is 0 Å². The Balaban J connectivity index is 3.17. The molecule has 0 saturated carbocycles. The van der Waals surface area contributed by atoms with Crippen LogP contribution in [0.15, 0.2) is 29.2 Å². The fourth-order valence-corrected chi connectivity index (χ4v) is 5.18. The Hall–Kier alpha value is -0.653. The SMILES string of the molecule is CCc1ccccc1S(=O)(=O)O[Si](C)(C)C. The first-order valence-electron chi connectivity index (χ1n) is 5.30. The Labute approximate surface area is 98.7 Å². The van der Waals surface area contributed by atoms with Gasteiger partial charge >= 0.3 is 0 Å². The number of hydrogen-bond donors (Lipinski definition) is 0. The zero-order valence-electron chi connectivity index (χ0n) is 10.1. The molecule has 0 saturated heterocycles. The van der Waals surface area contributed by atoms with E-state index >= 15 is 0 Å². The summed E-state index contributed by atoms with van der Waals surface area (Å²) in [6.07, 6.45) is 0.685. The average Bonchev–Trinajstić information content (AvgIpc) is 2.14. The van der Waals surface area contributed by atoms with E-state index in [0.717, 1.165) is 5.56 Å². The van der Waals surface area contributed by atoms with Crippen molar-refractivity contribution in [3.8, 4) is 0 Å². The van der Waals surface area contributed by atoms with Crippen LogP contribution >= 0.6 is 0 Å². The van der Waals surface area contributed by atoms with Crippen LogP contribution in [-0.4, -0.2) is 16.7 Å². The summed E-state index contributed by atoms with van der Waals surface area (Å²) in [5.74, 6) is 0. The first kappa shape index (κ1) is 13.4. The van der Waals surface area contributed by atoms with E-state index in [0.29, 0.717) is 11.3 Å². The molecule has 0 bridgehead atoms. The van der Waals surface area contributed by atoms with Gasteiger partial charge < -0.3 is 3.87 Å². The van der Waals surface area contributed by atoms with Gasteiger partial charge in [0.25, 0.3) is 10.1 Å². The third kappa shape index (κ3) is 3.43. The van der Waals surface area contributed by atoms with E-state index < -0.39 is 18.4 Å². The Morgan fingerprint density at radius 2 is 1.75 bits per heavy atom. The van der Waals surface area contributed by atoms with Crippen molar-refractivity contribution < 1.29 is 12.3 Å². The largest absolute Gasteiger partial charge is 0.312 e. The van der Waals surface area contributed by atoms with E-state index in [-0.39, 0.29) is 0 Å². The third-order valence-corrected chi connectivity index (χ3v) is 5.80. The molecule has 0 fully saturated rings. The van der Waals surface area contributed by atoms with Gasteiger partial charge in [-0.1, -0.05) is 25.1 Å². The van der Waals surface area contributed by atoms with Crippen molar-refractivity contribution in [2.45, 2.75) is 37.9 Å². The zero-order valence-corrected chi connectivity index (χ0v) is 12.0. The maximum absolute atomic E-state index is 12.0. The van der Waals surface area contributed by atoms with Crippen LogP contribution in [0.5, 0.6) is 0 Å². The first-order valence-corrected chi connectivity index (χ1v) is 10.1. The smallest absolute Gasteiger partial charge is 0.287 e. The van der Waals surface area contributed by atoms with Crippen molar-refractivity contribution >= 4 is 18.4 Å². The molecule has 1 aromatic rings. The third-order valence-electron chi connectivity index (χ3n) is 1.98. The standard InChI is InChI=1S/C11H18O3SSi/c1-5-10-8-6-7-9-11(10)15(12,13)14-16(2,3)4/h6-9H,5H2,1-4H3. The molecular weight excluding hydrogens is 240 g/mol. The Bertz CT molecular complexity index is 460. The van der Waals surface area contributed by atoms with Gasteiger partial charge in [0, 0.05) is 0 Å². The van der Waals surface area contributed by atoms with E-state index in [1.54, 1.807) is 12.1 Å². The van der Waals surface area contributed by atoms with Crippen LogP contribution < -0.4 is 0 Å². The highest BCUT2D eigenvalue weighted by atomic mass is 32.2. The second-order valence-electron chi connectivity index (χ2n) is 4.61. The molecule has 16 heavy (non-hydrogen) atoms. The molecule has 3 nitrogen and oxygen atoms in total. The van der Waals surface area contributed by atoms with Gasteiger partial charge in [-0.2, -0.15) is 8.42 Å². The topological polar surface area (TPSA) is 43.4 Å². The highest BCUT2D eigenvalue weighted by Gasteiger charge is 2.27. The van der Waals surface area contributed by atoms with Crippen LogP contribution in [0, 0.1) is 0 Å². The molecule has 0 atom stereocenters. The van der Waals surface area contributed by atoms with Gasteiger partial charge in [-0.25, -0.2) is 0 Å². The van der Waals surface area contributed by atoms with Crippen molar-refractivity contribution in [3.63, 3.8) is 0 Å². The molecule has 0 N–H and O–H groups in total. The minimum absolute atomic E-state index is 0.305. The van der Waals surface area contributed by atoms with Crippen molar-refractivity contribution in [2.75, 3.05) is 0 Å². The predicted molar refractivity (Wildman–Crippen MR) is 67.4 cm³/mol. The maximum Gasteiger partial charge on any atom is 0.287 e. The molecule has 0 radical (unpaired) electrons. The molecule has 0 aliphatic carbocycles. The summed E-state index contributed by atoms with van der Waals surface area (Å²) in [6, 6.07) is 6.99. The van der Waals surface area contributed by atoms with Crippen LogP contribution in [-0.2, 0) is 20.4 Å². The number of aryl methyl sites for hydroxylation is 1. The summed E-state index contributed by atoms with van der Waals surface area (Å²) in [5, 5.41) is 0. The number of benzene rings is 1. The van der Waals surface area contributed by atoms with Gasteiger partial charge in [-0.3, -0.25) is 0 Å². The molecule has 0 unspecified atom stereocenters. The lowest BCUT2D eigenvalue weighted by Gasteiger charge is -2.18. The van der Waals surface area contributed by atoms with Gasteiger partial charge in [0.15, 0.2) is 0 Å². The van der Waals surface area contributed by atoms with Crippen molar-refractivity contribution in [1.29, 1.82) is 0 Å². The maximum atomic E-state index is 12.0. The molecule has 5 heteroatoms. The fraction of sp³-hybridized carbons (Fsp3) is 0.455. The van der Waals surface area contributed by atoms with E-state index in [1.165, 1.54) is 0 Å². The zero-order chi connectivity index (χ0) is 12.4. The van der Waals surface area contributed by atoms with Gasteiger partial charge in [0.05, 0.1) is 4.90 Å². The van der Waals surface area contributed by atoms with Crippen molar-refractivity contribution in [3.05, 3.63) is 29.8 Å². The van der Waals surface area contributed by atoms with Crippen LogP contribution in [0.1, 0.15) is 12.5 Å². The van der Waals surface area contributed by atoms with Crippen LogP contribution in [0.2, 0.25) is 19.6 Å².